The van der Waals surface area contributed by atoms with Crippen molar-refractivity contribution >= 4 is 39.7 Å². The lowest BCUT2D eigenvalue weighted by atomic mass is 10.1. The third-order valence-electron chi connectivity index (χ3n) is 3.37. The summed E-state index contributed by atoms with van der Waals surface area (Å²) < 4.78 is 19.6. The second kappa shape index (κ2) is 7.73. The van der Waals surface area contributed by atoms with E-state index in [-0.39, 0.29) is 5.82 Å². The first-order chi connectivity index (χ1) is 11.6. The molecule has 24 heavy (non-hydrogen) atoms. The number of aromatic nitrogens is 2. The van der Waals surface area contributed by atoms with Gasteiger partial charge in [-0.15, -0.1) is 10.2 Å². The zero-order valence-corrected chi connectivity index (χ0v) is 14.9. The average Bonchev–Trinajstić information content (AvgIpc) is 3.00. The van der Waals surface area contributed by atoms with Gasteiger partial charge in [0.05, 0.1) is 5.02 Å². The normalized spacial score (nSPS) is 11.3. The smallest absolute Gasteiger partial charge is 0.240 e. The van der Waals surface area contributed by atoms with Crippen molar-refractivity contribution in [2.75, 3.05) is 0 Å². The van der Waals surface area contributed by atoms with Crippen molar-refractivity contribution in [3.63, 3.8) is 0 Å². The Morgan fingerprint density at radius 2 is 1.96 bits per heavy atom. The third-order valence-corrected chi connectivity index (χ3v) is 4.19. The van der Waals surface area contributed by atoms with Crippen molar-refractivity contribution in [1.29, 1.82) is 0 Å². The Bertz CT molecular complexity index is 879. The quantitative estimate of drug-likeness (QED) is 0.554. The van der Waals surface area contributed by atoms with Gasteiger partial charge in [0, 0.05) is 17.0 Å². The Hall–Kier alpha value is -1.98. The van der Waals surface area contributed by atoms with Gasteiger partial charge < -0.3 is 4.42 Å². The lowest BCUT2D eigenvalue weighted by molar-refractivity contribution is 0.484. The van der Waals surface area contributed by atoms with Gasteiger partial charge in [0.1, 0.15) is 5.82 Å². The van der Waals surface area contributed by atoms with Gasteiger partial charge in [-0.05, 0) is 47.9 Å². The Labute approximate surface area is 152 Å². The number of rotatable bonds is 5. The molecule has 0 unspecified atom stereocenters. The van der Waals surface area contributed by atoms with E-state index in [1.165, 1.54) is 17.7 Å². The fourth-order valence-electron chi connectivity index (χ4n) is 2.18. The summed E-state index contributed by atoms with van der Waals surface area (Å²) in [5.41, 5.74) is 1.88. The first-order valence-electron chi connectivity index (χ1n) is 7.30. The van der Waals surface area contributed by atoms with Crippen LogP contribution in [-0.2, 0) is 12.8 Å². The Balaban J connectivity index is 1.64. The highest BCUT2D eigenvalue weighted by molar-refractivity contribution is 9.10. The van der Waals surface area contributed by atoms with Crippen LogP contribution in [0.1, 0.15) is 22.9 Å². The summed E-state index contributed by atoms with van der Waals surface area (Å²) in [6.07, 6.45) is 4.85. The van der Waals surface area contributed by atoms with Crippen LogP contribution >= 0.6 is 27.5 Å². The predicted molar refractivity (Wildman–Crippen MR) is 96.2 cm³/mol. The maximum absolute atomic E-state index is 13.0. The molecule has 0 amide bonds. The number of hydrogen-bond donors (Lipinski definition) is 0. The molecule has 0 bridgehead atoms. The Morgan fingerprint density at radius 1 is 1.08 bits per heavy atom. The second-order valence-corrected chi connectivity index (χ2v) is 6.49. The highest BCUT2D eigenvalue weighted by Crippen LogP contribution is 2.20. The van der Waals surface area contributed by atoms with Crippen molar-refractivity contribution in [3.05, 3.63) is 80.7 Å². The number of aryl methyl sites for hydroxylation is 2. The van der Waals surface area contributed by atoms with Gasteiger partial charge in [0.15, 0.2) is 0 Å². The monoisotopic (exact) mass is 406 g/mol. The van der Waals surface area contributed by atoms with E-state index in [4.69, 9.17) is 16.0 Å². The largest absolute Gasteiger partial charge is 0.421 e. The van der Waals surface area contributed by atoms with E-state index in [9.17, 15) is 4.39 Å². The molecule has 6 heteroatoms. The van der Waals surface area contributed by atoms with Gasteiger partial charge in [-0.3, -0.25) is 0 Å². The van der Waals surface area contributed by atoms with E-state index in [2.05, 4.69) is 38.3 Å². The summed E-state index contributed by atoms with van der Waals surface area (Å²) in [4.78, 5) is 0. The molecule has 0 saturated heterocycles. The van der Waals surface area contributed by atoms with Crippen LogP contribution in [0.2, 0.25) is 5.02 Å². The summed E-state index contributed by atoms with van der Waals surface area (Å²) in [7, 11) is 0. The fraction of sp³-hybridized carbons (Fsp3) is 0.111. The molecule has 0 aliphatic carbocycles. The maximum atomic E-state index is 13.0. The van der Waals surface area contributed by atoms with Crippen LogP contribution in [0, 0.1) is 5.82 Å². The zero-order chi connectivity index (χ0) is 16.9. The van der Waals surface area contributed by atoms with Crippen molar-refractivity contribution in [2.24, 2.45) is 0 Å². The molecule has 0 saturated carbocycles. The summed E-state index contributed by atoms with van der Waals surface area (Å²) in [5, 5.41) is 8.34. The molecule has 0 aliphatic rings. The average molecular weight is 408 g/mol. The van der Waals surface area contributed by atoms with E-state index in [1.807, 2.05) is 12.1 Å². The van der Waals surface area contributed by atoms with Gasteiger partial charge in [0.2, 0.25) is 11.8 Å². The number of nitrogens with zero attached hydrogens (tertiary/aromatic N) is 2. The highest BCUT2D eigenvalue weighted by atomic mass is 79.9. The Morgan fingerprint density at radius 3 is 2.75 bits per heavy atom. The molecule has 0 N–H and O–H groups in total. The topological polar surface area (TPSA) is 38.9 Å². The van der Waals surface area contributed by atoms with Crippen LogP contribution in [0.3, 0.4) is 0 Å². The zero-order valence-electron chi connectivity index (χ0n) is 12.5. The molecule has 1 aromatic heterocycles. The predicted octanol–water partition coefficient (Wildman–Crippen LogP) is 5.58. The van der Waals surface area contributed by atoms with Gasteiger partial charge in [-0.2, -0.15) is 0 Å². The summed E-state index contributed by atoms with van der Waals surface area (Å²) in [5.74, 6) is 0.587. The van der Waals surface area contributed by atoms with Crippen LogP contribution < -0.4 is 0 Å². The summed E-state index contributed by atoms with van der Waals surface area (Å²) in [6, 6.07) is 12.3. The lowest BCUT2D eigenvalue weighted by Gasteiger charge is -1.99. The molecule has 0 atom stereocenters. The molecule has 0 fully saturated rings. The van der Waals surface area contributed by atoms with Crippen molar-refractivity contribution in [1.82, 2.24) is 10.2 Å². The second-order valence-electron chi connectivity index (χ2n) is 5.16. The van der Waals surface area contributed by atoms with Gasteiger partial charge in [-0.25, -0.2) is 4.39 Å². The first kappa shape index (κ1) is 16.9. The van der Waals surface area contributed by atoms with Crippen molar-refractivity contribution in [2.45, 2.75) is 12.8 Å². The Kier molecular flexibility index (Phi) is 5.43. The first-order valence-corrected chi connectivity index (χ1v) is 8.47. The van der Waals surface area contributed by atoms with Crippen molar-refractivity contribution in [3.8, 4) is 0 Å². The molecule has 0 spiro atoms. The van der Waals surface area contributed by atoms with E-state index in [0.717, 1.165) is 10.9 Å². The molecule has 3 aromatic rings. The molecule has 0 radical (unpaired) electrons. The van der Waals surface area contributed by atoms with E-state index in [1.54, 1.807) is 18.2 Å². The molecule has 1 heterocycles. The number of halogens is 3. The van der Waals surface area contributed by atoms with Gasteiger partial charge >= 0.3 is 0 Å². The molecular formula is C18H13BrClFN2O. The minimum absolute atomic E-state index is 0.334. The van der Waals surface area contributed by atoms with Crippen LogP contribution in [0.25, 0.3) is 12.2 Å². The number of hydrogen-bond acceptors (Lipinski definition) is 3. The van der Waals surface area contributed by atoms with Crippen molar-refractivity contribution < 1.29 is 8.81 Å². The van der Waals surface area contributed by atoms with Crippen LogP contribution in [0.15, 0.2) is 51.4 Å². The third kappa shape index (κ3) is 4.52. The fourth-order valence-corrected chi connectivity index (χ4v) is 2.85. The van der Waals surface area contributed by atoms with E-state index in [0.29, 0.717) is 28.8 Å². The molecule has 0 aliphatic heterocycles. The molecule has 122 valence electrons. The maximum Gasteiger partial charge on any atom is 0.240 e. The van der Waals surface area contributed by atoms with E-state index < -0.39 is 0 Å². The molecule has 2 aromatic carbocycles. The van der Waals surface area contributed by atoms with Crippen LogP contribution in [-0.4, -0.2) is 10.2 Å². The minimum Gasteiger partial charge on any atom is -0.421 e. The highest BCUT2D eigenvalue weighted by Gasteiger charge is 2.05. The van der Waals surface area contributed by atoms with Crippen LogP contribution in [0.5, 0.6) is 0 Å². The van der Waals surface area contributed by atoms with Gasteiger partial charge in [-0.1, -0.05) is 45.7 Å². The van der Waals surface area contributed by atoms with E-state index >= 15 is 0 Å². The standard InChI is InChI=1S/C18H13BrClFN2O/c19-14-3-1-2-12(10-14)4-8-17-22-23-18(24-17)9-6-13-5-7-15(21)11-16(13)20/h1-3,5-7,9-11H,4,8H2/b9-6+. The van der Waals surface area contributed by atoms with Crippen LogP contribution in [0.4, 0.5) is 4.39 Å². The SMILES string of the molecule is Fc1ccc(/C=C/c2nnc(CCc3cccc(Br)c3)o2)c(Cl)c1. The molecule has 3 rings (SSSR count). The van der Waals surface area contributed by atoms with Gasteiger partial charge in [0.25, 0.3) is 0 Å². The lowest BCUT2D eigenvalue weighted by Crippen LogP contribution is -1.91. The summed E-state index contributed by atoms with van der Waals surface area (Å²) >= 11 is 9.42. The number of benzene rings is 2. The summed E-state index contributed by atoms with van der Waals surface area (Å²) in [6.45, 7) is 0. The minimum atomic E-state index is -0.371. The molecule has 3 nitrogen and oxygen atoms in total. The molecular weight excluding hydrogens is 395 g/mol.